The van der Waals surface area contributed by atoms with Crippen molar-refractivity contribution in [3.05, 3.63) is 84.9 Å². The Labute approximate surface area is 157 Å². The number of anilines is 1. The molecule has 4 rings (SSSR count). The van der Waals surface area contributed by atoms with E-state index in [2.05, 4.69) is 16.3 Å². The molecule has 1 heterocycles. The van der Waals surface area contributed by atoms with Crippen molar-refractivity contribution in [3.63, 3.8) is 0 Å². The van der Waals surface area contributed by atoms with Crippen LogP contribution in [0.1, 0.15) is 5.56 Å². The molecule has 0 atom stereocenters. The number of oxazole rings is 1. The van der Waals surface area contributed by atoms with Crippen LogP contribution in [0.3, 0.4) is 0 Å². The van der Waals surface area contributed by atoms with Gasteiger partial charge in [-0.2, -0.15) is 0 Å². The summed E-state index contributed by atoms with van der Waals surface area (Å²) in [6, 6.07) is 20.9. The van der Waals surface area contributed by atoms with Gasteiger partial charge in [-0.25, -0.2) is 13.4 Å². The van der Waals surface area contributed by atoms with E-state index in [4.69, 9.17) is 4.42 Å². The molecule has 0 aliphatic rings. The van der Waals surface area contributed by atoms with Crippen LogP contribution in [0.15, 0.2) is 88.7 Å². The van der Waals surface area contributed by atoms with E-state index >= 15 is 0 Å². The zero-order valence-electron chi connectivity index (χ0n) is 14.3. The minimum Gasteiger partial charge on any atom is -0.436 e. The van der Waals surface area contributed by atoms with Gasteiger partial charge in [0.1, 0.15) is 5.52 Å². The van der Waals surface area contributed by atoms with Gasteiger partial charge >= 0.3 is 0 Å². The second-order valence-corrected chi connectivity index (χ2v) is 7.63. The van der Waals surface area contributed by atoms with Gasteiger partial charge in [0.15, 0.2) is 5.58 Å². The predicted octanol–water partition coefficient (Wildman–Crippen LogP) is 4.94. The average molecular weight is 376 g/mol. The maximum Gasteiger partial charge on any atom is 0.261 e. The number of fused-ring (bicyclic) bond motifs is 1. The lowest BCUT2D eigenvalue weighted by Gasteiger charge is -2.08. The second-order valence-electron chi connectivity index (χ2n) is 5.94. The summed E-state index contributed by atoms with van der Waals surface area (Å²) >= 11 is 0. The molecule has 5 nitrogen and oxygen atoms in total. The number of sulfonamides is 1. The van der Waals surface area contributed by atoms with E-state index in [9.17, 15) is 8.42 Å². The van der Waals surface area contributed by atoms with Crippen LogP contribution in [-0.2, 0) is 10.0 Å². The number of hydrogen-bond donors (Lipinski definition) is 1. The van der Waals surface area contributed by atoms with Crippen molar-refractivity contribution in [2.45, 2.75) is 4.90 Å². The van der Waals surface area contributed by atoms with Crippen LogP contribution in [0.2, 0.25) is 0 Å². The minimum absolute atomic E-state index is 0.191. The van der Waals surface area contributed by atoms with Gasteiger partial charge in [0.2, 0.25) is 5.89 Å². The smallest absolute Gasteiger partial charge is 0.261 e. The van der Waals surface area contributed by atoms with E-state index in [0.717, 1.165) is 16.6 Å². The molecule has 0 bridgehead atoms. The SMILES string of the molecule is C=Cc1ccc(S(=O)(=O)Nc2ccc(-c3nc4ccccc4o3)cc2)cc1. The van der Waals surface area contributed by atoms with E-state index in [1.807, 2.05) is 24.3 Å². The normalized spacial score (nSPS) is 11.4. The number of rotatable bonds is 5. The van der Waals surface area contributed by atoms with Crippen LogP contribution in [0.4, 0.5) is 5.69 Å². The highest BCUT2D eigenvalue weighted by Crippen LogP contribution is 2.26. The van der Waals surface area contributed by atoms with Crippen LogP contribution in [0, 0.1) is 0 Å². The third kappa shape index (κ3) is 3.47. The minimum atomic E-state index is -3.66. The van der Waals surface area contributed by atoms with Crippen molar-refractivity contribution in [1.82, 2.24) is 4.98 Å². The summed E-state index contributed by atoms with van der Waals surface area (Å²) in [5.41, 5.74) is 3.57. The summed E-state index contributed by atoms with van der Waals surface area (Å²) in [6.07, 6.45) is 1.66. The monoisotopic (exact) mass is 376 g/mol. The Morgan fingerprint density at radius 2 is 1.63 bits per heavy atom. The van der Waals surface area contributed by atoms with Gasteiger partial charge in [-0.15, -0.1) is 0 Å². The van der Waals surface area contributed by atoms with Gasteiger partial charge in [-0.3, -0.25) is 4.72 Å². The zero-order valence-corrected chi connectivity index (χ0v) is 15.1. The fourth-order valence-corrected chi connectivity index (χ4v) is 3.73. The molecule has 0 saturated carbocycles. The van der Waals surface area contributed by atoms with Crippen LogP contribution < -0.4 is 4.72 Å². The standard InChI is InChI=1S/C21H16N2O3S/c1-2-15-7-13-18(14-8-15)27(24,25)23-17-11-9-16(10-12-17)21-22-19-5-3-4-6-20(19)26-21/h2-14,23H,1H2. The number of hydrogen-bond acceptors (Lipinski definition) is 4. The highest BCUT2D eigenvalue weighted by Gasteiger charge is 2.14. The summed E-state index contributed by atoms with van der Waals surface area (Å²) in [5, 5.41) is 0. The lowest BCUT2D eigenvalue weighted by Crippen LogP contribution is -2.12. The van der Waals surface area contributed by atoms with E-state index < -0.39 is 10.0 Å². The molecule has 6 heteroatoms. The molecule has 3 aromatic carbocycles. The summed E-state index contributed by atoms with van der Waals surface area (Å²) in [6.45, 7) is 3.66. The lowest BCUT2D eigenvalue weighted by atomic mass is 10.2. The van der Waals surface area contributed by atoms with Gasteiger partial charge in [0.25, 0.3) is 10.0 Å². The van der Waals surface area contributed by atoms with Crippen LogP contribution in [0.25, 0.3) is 28.6 Å². The van der Waals surface area contributed by atoms with E-state index in [-0.39, 0.29) is 4.90 Å². The van der Waals surface area contributed by atoms with Crippen molar-refractivity contribution < 1.29 is 12.8 Å². The molecule has 0 saturated heterocycles. The Morgan fingerprint density at radius 3 is 2.30 bits per heavy atom. The highest BCUT2D eigenvalue weighted by molar-refractivity contribution is 7.92. The maximum atomic E-state index is 12.5. The first kappa shape index (κ1) is 17.1. The number of benzene rings is 3. The Morgan fingerprint density at radius 1 is 0.926 bits per heavy atom. The number of nitrogens with one attached hydrogen (secondary N) is 1. The maximum absolute atomic E-state index is 12.5. The van der Waals surface area contributed by atoms with Gasteiger partial charge in [-0.1, -0.05) is 36.9 Å². The summed E-state index contributed by atoms with van der Waals surface area (Å²) in [5.74, 6) is 0.491. The summed E-state index contributed by atoms with van der Waals surface area (Å²) in [7, 11) is -3.66. The number of nitrogens with zero attached hydrogens (tertiary/aromatic N) is 1. The first-order valence-corrected chi connectivity index (χ1v) is 9.75. The van der Waals surface area contributed by atoms with Crippen molar-refractivity contribution in [3.8, 4) is 11.5 Å². The molecule has 0 spiro atoms. The van der Waals surface area contributed by atoms with Crippen molar-refractivity contribution in [2.24, 2.45) is 0 Å². The Balaban J connectivity index is 1.57. The Kier molecular flexibility index (Phi) is 4.25. The lowest BCUT2D eigenvalue weighted by molar-refractivity contribution is 0.601. The molecule has 0 aliphatic carbocycles. The quantitative estimate of drug-likeness (QED) is 0.535. The molecule has 0 unspecified atom stereocenters. The summed E-state index contributed by atoms with van der Waals surface area (Å²) < 4.78 is 33.3. The Hall–Kier alpha value is -3.38. The van der Waals surface area contributed by atoms with Gasteiger partial charge < -0.3 is 4.42 Å². The number of aromatic nitrogens is 1. The third-order valence-corrected chi connectivity index (χ3v) is 5.50. The van der Waals surface area contributed by atoms with E-state index in [1.54, 1.807) is 54.6 Å². The van der Waals surface area contributed by atoms with Gasteiger partial charge in [0, 0.05) is 11.3 Å². The van der Waals surface area contributed by atoms with E-state index in [0.29, 0.717) is 17.2 Å². The van der Waals surface area contributed by atoms with Gasteiger partial charge in [-0.05, 0) is 54.1 Å². The highest BCUT2D eigenvalue weighted by atomic mass is 32.2. The van der Waals surface area contributed by atoms with Crippen molar-refractivity contribution in [2.75, 3.05) is 4.72 Å². The second kappa shape index (κ2) is 6.74. The molecule has 134 valence electrons. The molecule has 4 aromatic rings. The van der Waals surface area contributed by atoms with Crippen molar-refractivity contribution in [1.29, 1.82) is 0 Å². The van der Waals surface area contributed by atoms with Crippen LogP contribution in [-0.4, -0.2) is 13.4 Å². The predicted molar refractivity (Wildman–Crippen MR) is 107 cm³/mol. The number of para-hydroxylation sites is 2. The fourth-order valence-electron chi connectivity index (χ4n) is 2.67. The molecule has 1 N–H and O–H groups in total. The molecule has 0 amide bonds. The molecular formula is C21H16N2O3S. The van der Waals surface area contributed by atoms with Crippen molar-refractivity contribution >= 4 is 32.9 Å². The molecular weight excluding hydrogens is 360 g/mol. The van der Waals surface area contributed by atoms with Gasteiger partial charge in [0.05, 0.1) is 4.90 Å². The third-order valence-electron chi connectivity index (χ3n) is 4.10. The zero-order chi connectivity index (χ0) is 18.9. The van der Waals surface area contributed by atoms with E-state index in [1.165, 1.54) is 0 Å². The van der Waals surface area contributed by atoms with Crippen LogP contribution >= 0.6 is 0 Å². The first-order valence-electron chi connectivity index (χ1n) is 8.26. The first-order chi connectivity index (χ1) is 13.0. The largest absolute Gasteiger partial charge is 0.436 e. The average Bonchev–Trinajstić information content (AvgIpc) is 3.12. The molecule has 0 aliphatic heterocycles. The van der Waals surface area contributed by atoms with Crippen LogP contribution in [0.5, 0.6) is 0 Å². The molecule has 0 fully saturated rings. The summed E-state index contributed by atoms with van der Waals surface area (Å²) in [4.78, 5) is 4.63. The molecule has 1 aromatic heterocycles. The Bertz CT molecular complexity index is 1180. The molecule has 27 heavy (non-hydrogen) atoms. The molecule has 0 radical (unpaired) electrons. The fraction of sp³-hybridized carbons (Fsp3) is 0. The topological polar surface area (TPSA) is 72.2 Å².